The Labute approximate surface area is 239 Å². The van der Waals surface area contributed by atoms with Crippen LogP contribution in [0.25, 0.3) is 16.9 Å². The van der Waals surface area contributed by atoms with Gasteiger partial charge in [-0.05, 0) is 72.5 Å². The van der Waals surface area contributed by atoms with E-state index in [1.807, 2.05) is 94.5 Å². The molecule has 1 saturated carbocycles. The monoisotopic (exact) mass is 542 g/mol. The third-order valence-electron chi connectivity index (χ3n) is 8.26. The van der Waals surface area contributed by atoms with Crippen molar-refractivity contribution in [3.05, 3.63) is 115 Å². The van der Waals surface area contributed by atoms with Gasteiger partial charge >= 0.3 is 0 Å². The number of methoxy groups -OCH3 is 1. The highest BCUT2D eigenvalue weighted by molar-refractivity contribution is 6.10. The third-order valence-corrected chi connectivity index (χ3v) is 8.26. The molecular formula is C34H30N4O3. The number of nitrogens with zero attached hydrogens (tertiary/aromatic N) is 4. The summed E-state index contributed by atoms with van der Waals surface area (Å²) < 4.78 is 13.8. The van der Waals surface area contributed by atoms with E-state index in [1.165, 1.54) is 0 Å². The molecule has 2 aromatic heterocycles. The highest BCUT2D eigenvalue weighted by atomic mass is 16.5. The summed E-state index contributed by atoms with van der Waals surface area (Å²) in [6, 6.07) is 29.8. The number of aromatic nitrogens is 3. The Morgan fingerprint density at radius 1 is 0.878 bits per heavy atom. The standard InChI is InChI=1S/C34H30N4O3/c1-40-27-14-12-24(13-15-27)23-37-32-28(34(33(37)39)17-6-7-18-34)21-25(22-30(32)41-31-11-5-8-19-35-31)29-16-20-36-38(29)26-9-3-2-4-10-26/h2-5,8-16,19-22H,6-7,17-18,23H2,1H3. The van der Waals surface area contributed by atoms with E-state index in [0.717, 1.165) is 65.2 Å². The van der Waals surface area contributed by atoms with Gasteiger partial charge in [-0.2, -0.15) is 5.10 Å². The Kier molecular flexibility index (Phi) is 6.27. The summed E-state index contributed by atoms with van der Waals surface area (Å²) in [7, 11) is 1.65. The fourth-order valence-electron chi connectivity index (χ4n) is 6.29. The molecule has 7 heteroatoms. The zero-order chi connectivity index (χ0) is 27.8. The Morgan fingerprint density at radius 3 is 2.39 bits per heavy atom. The van der Waals surface area contributed by atoms with E-state index in [1.54, 1.807) is 19.5 Å². The van der Waals surface area contributed by atoms with Gasteiger partial charge in [0.05, 0.1) is 42.3 Å². The van der Waals surface area contributed by atoms with E-state index in [2.05, 4.69) is 16.1 Å². The van der Waals surface area contributed by atoms with Crippen molar-refractivity contribution in [2.45, 2.75) is 37.6 Å². The van der Waals surface area contributed by atoms with E-state index < -0.39 is 5.41 Å². The molecule has 5 aromatic rings. The molecule has 0 saturated heterocycles. The summed E-state index contributed by atoms with van der Waals surface area (Å²) in [5.41, 5.74) is 5.15. The summed E-state index contributed by atoms with van der Waals surface area (Å²) in [5, 5.41) is 4.63. The van der Waals surface area contributed by atoms with Crippen LogP contribution in [-0.4, -0.2) is 27.8 Å². The maximum atomic E-state index is 14.4. The number of rotatable bonds is 7. The molecule has 0 atom stereocenters. The number of benzene rings is 3. The summed E-state index contributed by atoms with van der Waals surface area (Å²) >= 11 is 0. The number of hydrogen-bond donors (Lipinski definition) is 0. The largest absolute Gasteiger partial charge is 0.497 e. The average Bonchev–Trinajstić information content (AvgIpc) is 3.76. The van der Waals surface area contributed by atoms with Crippen LogP contribution < -0.4 is 14.4 Å². The first-order chi connectivity index (χ1) is 20.2. The first-order valence-corrected chi connectivity index (χ1v) is 14.0. The number of anilines is 1. The van der Waals surface area contributed by atoms with Crippen LogP contribution in [0.2, 0.25) is 0 Å². The molecule has 41 heavy (non-hydrogen) atoms. The van der Waals surface area contributed by atoms with Crippen molar-refractivity contribution < 1.29 is 14.3 Å². The second kappa shape index (κ2) is 10.2. The second-order valence-corrected chi connectivity index (χ2v) is 10.6. The van der Waals surface area contributed by atoms with Crippen molar-refractivity contribution in [2.75, 3.05) is 12.0 Å². The first-order valence-electron chi connectivity index (χ1n) is 14.0. The molecule has 2 aliphatic rings. The number of hydrogen-bond acceptors (Lipinski definition) is 5. The lowest BCUT2D eigenvalue weighted by Gasteiger charge is -2.23. The van der Waals surface area contributed by atoms with Crippen molar-refractivity contribution in [3.8, 4) is 34.3 Å². The van der Waals surface area contributed by atoms with Crippen LogP contribution in [-0.2, 0) is 16.8 Å². The lowest BCUT2D eigenvalue weighted by molar-refractivity contribution is -0.123. The predicted octanol–water partition coefficient (Wildman–Crippen LogP) is 7.09. The Balaban J connectivity index is 1.41. The smallest absolute Gasteiger partial charge is 0.238 e. The molecule has 1 fully saturated rings. The third kappa shape index (κ3) is 4.34. The minimum atomic E-state index is -0.572. The molecule has 0 bridgehead atoms. The van der Waals surface area contributed by atoms with Gasteiger partial charge in [0.25, 0.3) is 0 Å². The number of fused-ring (bicyclic) bond motifs is 2. The molecule has 0 radical (unpaired) electrons. The molecule has 7 rings (SSSR count). The van der Waals surface area contributed by atoms with Crippen LogP contribution in [0.4, 0.5) is 5.69 Å². The van der Waals surface area contributed by atoms with Crippen molar-refractivity contribution in [1.82, 2.24) is 14.8 Å². The Morgan fingerprint density at radius 2 is 1.66 bits per heavy atom. The van der Waals surface area contributed by atoms with Crippen LogP contribution in [0.3, 0.4) is 0 Å². The number of pyridine rings is 1. The van der Waals surface area contributed by atoms with Crippen LogP contribution in [0.5, 0.6) is 17.4 Å². The highest BCUT2D eigenvalue weighted by Crippen LogP contribution is 2.56. The SMILES string of the molecule is COc1ccc(CN2C(=O)C3(CCCC3)c3cc(-c4ccnn4-c4ccccc4)cc(Oc4ccccn4)c32)cc1. The van der Waals surface area contributed by atoms with Gasteiger partial charge in [-0.25, -0.2) is 9.67 Å². The van der Waals surface area contributed by atoms with Gasteiger partial charge < -0.3 is 14.4 Å². The fraction of sp³-hybridized carbons (Fsp3) is 0.206. The van der Waals surface area contributed by atoms with Crippen LogP contribution in [0.1, 0.15) is 36.8 Å². The molecular weight excluding hydrogens is 512 g/mol. The quantitative estimate of drug-likeness (QED) is 0.220. The molecule has 0 unspecified atom stereocenters. The minimum absolute atomic E-state index is 0.139. The van der Waals surface area contributed by atoms with Gasteiger partial charge in [0.2, 0.25) is 11.8 Å². The molecule has 3 aromatic carbocycles. The summed E-state index contributed by atoms with van der Waals surface area (Å²) in [5.74, 6) is 2.02. The Hall–Kier alpha value is -4.91. The molecule has 3 heterocycles. The molecule has 1 amide bonds. The van der Waals surface area contributed by atoms with E-state index in [9.17, 15) is 4.79 Å². The predicted molar refractivity (Wildman–Crippen MR) is 158 cm³/mol. The van der Waals surface area contributed by atoms with E-state index in [4.69, 9.17) is 9.47 Å². The van der Waals surface area contributed by atoms with Crippen LogP contribution in [0, 0.1) is 0 Å². The first kappa shape index (κ1) is 25.1. The average molecular weight is 543 g/mol. The number of para-hydroxylation sites is 1. The van der Waals surface area contributed by atoms with Crippen molar-refractivity contribution in [3.63, 3.8) is 0 Å². The number of carbonyl (C=O) groups excluding carboxylic acids is 1. The fourth-order valence-corrected chi connectivity index (χ4v) is 6.29. The molecule has 204 valence electrons. The zero-order valence-corrected chi connectivity index (χ0v) is 22.9. The zero-order valence-electron chi connectivity index (χ0n) is 22.9. The van der Waals surface area contributed by atoms with Crippen molar-refractivity contribution in [1.29, 1.82) is 0 Å². The second-order valence-electron chi connectivity index (χ2n) is 10.6. The number of amides is 1. The summed E-state index contributed by atoms with van der Waals surface area (Å²) in [6.45, 7) is 0.442. The number of carbonyl (C=O) groups is 1. The molecule has 1 aliphatic carbocycles. The van der Waals surface area contributed by atoms with E-state index in [-0.39, 0.29) is 5.91 Å². The van der Waals surface area contributed by atoms with E-state index in [0.29, 0.717) is 18.2 Å². The van der Waals surface area contributed by atoms with Crippen molar-refractivity contribution >= 4 is 11.6 Å². The van der Waals surface area contributed by atoms with Gasteiger partial charge in [0, 0.05) is 17.8 Å². The highest BCUT2D eigenvalue weighted by Gasteiger charge is 2.53. The summed E-state index contributed by atoms with van der Waals surface area (Å²) in [4.78, 5) is 20.8. The maximum absolute atomic E-state index is 14.4. The molecule has 1 spiro atoms. The van der Waals surface area contributed by atoms with Crippen molar-refractivity contribution in [2.24, 2.45) is 0 Å². The van der Waals surface area contributed by atoms with Gasteiger partial charge in [-0.1, -0.05) is 49.2 Å². The van der Waals surface area contributed by atoms with E-state index >= 15 is 0 Å². The van der Waals surface area contributed by atoms with Crippen LogP contribution in [0.15, 0.2) is 103 Å². The molecule has 1 aliphatic heterocycles. The van der Waals surface area contributed by atoms with Gasteiger partial charge in [0.1, 0.15) is 5.75 Å². The topological polar surface area (TPSA) is 69.5 Å². The Bertz CT molecular complexity index is 1690. The minimum Gasteiger partial charge on any atom is -0.497 e. The van der Waals surface area contributed by atoms with Gasteiger partial charge in [-0.15, -0.1) is 0 Å². The maximum Gasteiger partial charge on any atom is 0.238 e. The summed E-state index contributed by atoms with van der Waals surface area (Å²) in [6.07, 6.45) is 7.20. The normalized spacial score (nSPS) is 15.3. The van der Waals surface area contributed by atoms with Crippen LogP contribution >= 0.6 is 0 Å². The van der Waals surface area contributed by atoms with Gasteiger partial charge in [0.15, 0.2) is 5.75 Å². The van der Waals surface area contributed by atoms with Gasteiger partial charge in [-0.3, -0.25) is 4.79 Å². The molecule has 7 nitrogen and oxygen atoms in total. The lowest BCUT2D eigenvalue weighted by Crippen LogP contribution is -2.38. The number of ether oxygens (including phenoxy) is 2. The lowest BCUT2D eigenvalue weighted by atomic mass is 9.79. The molecule has 0 N–H and O–H groups in total.